The molecule has 1 atom stereocenters. The topological polar surface area (TPSA) is 60.8 Å². The van der Waals surface area contributed by atoms with Gasteiger partial charge in [0.05, 0.1) is 0 Å². The molecule has 0 aliphatic carbocycles. The van der Waals surface area contributed by atoms with Crippen LogP contribution in [0.3, 0.4) is 0 Å². The van der Waals surface area contributed by atoms with Crippen LogP contribution in [0.1, 0.15) is 12.5 Å². The van der Waals surface area contributed by atoms with Crippen molar-refractivity contribution < 1.29 is 15.0 Å². The van der Waals surface area contributed by atoms with Gasteiger partial charge in [-0.05, 0) is 31.7 Å². The van der Waals surface area contributed by atoms with Gasteiger partial charge in [0, 0.05) is 13.0 Å². The molecule has 1 aromatic rings. The Labute approximate surface area is 107 Å². The molecule has 0 radical (unpaired) electrons. The number of carbonyl (C=O) groups is 1. The fourth-order valence-corrected chi connectivity index (χ4v) is 1.78. The number of aromatic hydroxyl groups is 1. The van der Waals surface area contributed by atoms with E-state index in [2.05, 4.69) is 6.58 Å². The summed E-state index contributed by atoms with van der Waals surface area (Å²) in [7, 11) is 1.76. The molecule has 0 unspecified atom stereocenters. The van der Waals surface area contributed by atoms with Gasteiger partial charge in [0.1, 0.15) is 11.3 Å². The van der Waals surface area contributed by atoms with E-state index in [0.717, 1.165) is 5.56 Å². The quantitative estimate of drug-likeness (QED) is 0.756. The molecule has 0 aliphatic heterocycles. The summed E-state index contributed by atoms with van der Waals surface area (Å²) in [6.45, 7) is 5.81. The van der Waals surface area contributed by atoms with Crippen LogP contribution in [0.2, 0.25) is 0 Å². The van der Waals surface area contributed by atoms with Gasteiger partial charge in [-0.25, -0.2) is 0 Å². The lowest BCUT2D eigenvalue weighted by Crippen LogP contribution is -2.52. The number of benzene rings is 1. The van der Waals surface area contributed by atoms with Gasteiger partial charge < -0.3 is 10.2 Å². The van der Waals surface area contributed by atoms with Crippen molar-refractivity contribution in [3.63, 3.8) is 0 Å². The highest BCUT2D eigenvalue weighted by Gasteiger charge is 2.37. The van der Waals surface area contributed by atoms with E-state index in [9.17, 15) is 15.0 Å². The Kier molecular flexibility index (Phi) is 4.50. The first kappa shape index (κ1) is 14.3. The van der Waals surface area contributed by atoms with Crippen molar-refractivity contribution in [3.05, 3.63) is 42.5 Å². The highest BCUT2D eigenvalue weighted by atomic mass is 16.4. The van der Waals surface area contributed by atoms with Crippen molar-refractivity contribution in [2.75, 3.05) is 13.6 Å². The largest absolute Gasteiger partial charge is 0.508 e. The second-order valence-electron chi connectivity index (χ2n) is 4.59. The lowest BCUT2D eigenvalue weighted by atomic mass is 9.91. The zero-order chi connectivity index (χ0) is 13.8. The average Bonchev–Trinajstić information content (AvgIpc) is 2.32. The van der Waals surface area contributed by atoms with Gasteiger partial charge in [0.2, 0.25) is 0 Å². The minimum atomic E-state index is -0.995. The Morgan fingerprint density at radius 1 is 1.44 bits per heavy atom. The van der Waals surface area contributed by atoms with Crippen molar-refractivity contribution >= 4 is 5.97 Å². The molecule has 1 aromatic carbocycles. The molecule has 0 amide bonds. The molecule has 98 valence electrons. The normalized spacial score (nSPS) is 14.2. The number of rotatable bonds is 6. The Balaban J connectivity index is 2.95. The monoisotopic (exact) mass is 249 g/mol. The van der Waals surface area contributed by atoms with Crippen LogP contribution >= 0.6 is 0 Å². The molecule has 0 saturated heterocycles. The molecule has 0 spiro atoms. The summed E-state index contributed by atoms with van der Waals surface area (Å²) in [4.78, 5) is 13.2. The average molecular weight is 249 g/mol. The lowest BCUT2D eigenvalue weighted by molar-refractivity contribution is -0.149. The molecule has 1 rings (SSSR count). The third-order valence-electron chi connectivity index (χ3n) is 3.19. The van der Waals surface area contributed by atoms with Crippen LogP contribution in [0.5, 0.6) is 5.75 Å². The number of likely N-dealkylation sites (N-methyl/N-ethyl adjacent to an activating group) is 1. The molecule has 18 heavy (non-hydrogen) atoms. The van der Waals surface area contributed by atoms with E-state index in [1.807, 2.05) is 0 Å². The van der Waals surface area contributed by atoms with Crippen molar-refractivity contribution in [2.45, 2.75) is 18.9 Å². The fraction of sp³-hybridized carbons (Fsp3) is 0.357. The molecule has 2 N–H and O–H groups in total. The van der Waals surface area contributed by atoms with E-state index in [1.165, 1.54) is 0 Å². The molecule has 0 bridgehead atoms. The summed E-state index contributed by atoms with van der Waals surface area (Å²) in [5.41, 5.74) is -0.126. The third-order valence-corrected chi connectivity index (χ3v) is 3.19. The maximum Gasteiger partial charge on any atom is 0.324 e. The molecule has 4 nitrogen and oxygen atoms in total. The maximum atomic E-state index is 11.5. The SMILES string of the molecule is C=CCN(C)[C@@](C)(Cc1ccc(O)cc1)C(=O)O. The van der Waals surface area contributed by atoms with Crippen LogP contribution in [0.15, 0.2) is 36.9 Å². The van der Waals surface area contributed by atoms with E-state index in [0.29, 0.717) is 13.0 Å². The number of carboxylic acid groups (broad SMARTS) is 1. The third kappa shape index (κ3) is 3.11. The van der Waals surface area contributed by atoms with Crippen LogP contribution in [-0.4, -0.2) is 40.2 Å². The maximum absolute atomic E-state index is 11.5. The second-order valence-corrected chi connectivity index (χ2v) is 4.59. The summed E-state index contributed by atoms with van der Waals surface area (Å²) >= 11 is 0. The zero-order valence-corrected chi connectivity index (χ0v) is 10.8. The molecule has 0 saturated carbocycles. The highest BCUT2D eigenvalue weighted by molar-refractivity contribution is 5.78. The number of hydrogen-bond donors (Lipinski definition) is 2. The minimum Gasteiger partial charge on any atom is -0.508 e. The predicted octanol–water partition coefficient (Wildman–Crippen LogP) is 1.90. The van der Waals surface area contributed by atoms with Crippen LogP contribution in [0, 0.1) is 0 Å². The highest BCUT2D eigenvalue weighted by Crippen LogP contribution is 2.21. The van der Waals surface area contributed by atoms with Gasteiger partial charge in [-0.15, -0.1) is 6.58 Å². The molecule has 0 aliphatic rings. The first-order valence-corrected chi connectivity index (χ1v) is 5.73. The standard InChI is InChI=1S/C14H19NO3/c1-4-9-15(3)14(2,13(17)18)10-11-5-7-12(16)8-6-11/h4-8,16H,1,9-10H2,2-3H3,(H,17,18)/t14-/m0/s1. The summed E-state index contributed by atoms with van der Waals surface area (Å²) in [5, 5.41) is 18.6. The first-order chi connectivity index (χ1) is 8.40. The second kappa shape index (κ2) is 5.69. The minimum absolute atomic E-state index is 0.176. The molecular formula is C14H19NO3. The van der Waals surface area contributed by atoms with Gasteiger partial charge in [0.15, 0.2) is 0 Å². The van der Waals surface area contributed by atoms with Crippen molar-refractivity contribution in [2.24, 2.45) is 0 Å². The number of carboxylic acids is 1. The number of nitrogens with zero attached hydrogens (tertiary/aromatic N) is 1. The van der Waals surface area contributed by atoms with Crippen LogP contribution < -0.4 is 0 Å². The molecule has 0 aromatic heterocycles. The fourth-order valence-electron chi connectivity index (χ4n) is 1.78. The van der Waals surface area contributed by atoms with E-state index in [1.54, 1.807) is 49.2 Å². The Morgan fingerprint density at radius 3 is 2.44 bits per heavy atom. The summed E-state index contributed by atoms with van der Waals surface area (Å²) in [5.74, 6) is -0.699. The molecular weight excluding hydrogens is 230 g/mol. The molecule has 0 fully saturated rings. The Hall–Kier alpha value is -1.81. The Bertz CT molecular complexity index is 427. The van der Waals surface area contributed by atoms with Gasteiger partial charge >= 0.3 is 5.97 Å². The smallest absolute Gasteiger partial charge is 0.324 e. The van der Waals surface area contributed by atoms with Crippen LogP contribution in [-0.2, 0) is 11.2 Å². The van der Waals surface area contributed by atoms with E-state index >= 15 is 0 Å². The number of phenolic OH excluding ortho intramolecular Hbond substituents is 1. The van der Waals surface area contributed by atoms with E-state index in [4.69, 9.17) is 0 Å². The van der Waals surface area contributed by atoms with Crippen molar-refractivity contribution in [1.29, 1.82) is 0 Å². The van der Waals surface area contributed by atoms with Crippen LogP contribution in [0.4, 0.5) is 0 Å². The van der Waals surface area contributed by atoms with Crippen molar-refractivity contribution in [3.8, 4) is 5.75 Å². The summed E-state index contributed by atoms with van der Waals surface area (Å²) in [6.07, 6.45) is 2.05. The van der Waals surface area contributed by atoms with Crippen LogP contribution in [0.25, 0.3) is 0 Å². The number of aliphatic carboxylic acids is 1. The zero-order valence-electron chi connectivity index (χ0n) is 10.8. The Morgan fingerprint density at radius 2 is 2.00 bits per heavy atom. The van der Waals surface area contributed by atoms with Gasteiger partial charge in [-0.2, -0.15) is 0 Å². The number of phenols is 1. The van der Waals surface area contributed by atoms with Gasteiger partial charge in [-0.3, -0.25) is 9.69 Å². The predicted molar refractivity (Wildman–Crippen MR) is 70.7 cm³/mol. The molecule has 0 heterocycles. The van der Waals surface area contributed by atoms with Crippen molar-refractivity contribution in [1.82, 2.24) is 4.90 Å². The van der Waals surface area contributed by atoms with E-state index in [-0.39, 0.29) is 5.75 Å². The first-order valence-electron chi connectivity index (χ1n) is 5.73. The van der Waals surface area contributed by atoms with Gasteiger partial charge in [-0.1, -0.05) is 18.2 Å². The van der Waals surface area contributed by atoms with Gasteiger partial charge in [0.25, 0.3) is 0 Å². The lowest BCUT2D eigenvalue weighted by Gasteiger charge is -2.34. The number of hydrogen-bond acceptors (Lipinski definition) is 3. The molecule has 4 heteroatoms. The summed E-state index contributed by atoms with van der Waals surface area (Å²) in [6, 6.07) is 6.59. The summed E-state index contributed by atoms with van der Waals surface area (Å²) < 4.78 is 0. The van der Waals surface area contributed by atoms with E-state index < -0.39 is 11.5 Å².